The van der Waals surface area contributed by atoms with E-state index in [9.17, 15) is 4.79 Å². The quantitative estimate of drug-likeness (QED) is 0.845. The van der Waals surface area contributed by atoms with Gasteiger partial charge in [-0.2, -0.15) is 0 Å². The molecule has 102 valence electrons. The minimum absolute atomic E-state index is 0.861. The predicted octanol–water partition coefficient (Wildman–Crippen LogP) is 3.02. The van der Waals surface area contributed by atoms with E-state index in [2.05, 4.69) is 24.0 Å². The highest BCUT2D eigenvalue weighted by molar-refractivity contribution is 5.85. The van der Waals surface area contributed by atoms with Crippen molar-refractivity contribution in [3.63, 3.8) is 0 Å². The van der Waals surface area contributed by atoms with E-state index >= 15 is 0 Å². The monoisotopic (exact) mass is 259 g/mol. The van der Waals surface area contributed by atoms with Crippen LogP contribution < -0.4 is 0 Å². The van der Waals surface area contributed by atoms with Gasteiger partial charge in [0.2, 0.25) is 0 Å². The number of carboxylic acids is 1. The topological polar surface area (TPSA) is 40.5 Å². The van der Waals surface area contributed by atoms with Crippen molar-refractivity contribution in [3.05, 3.63) is 41.5 Å². The molecule has 0 spiro atoms. The molecule has 0 amide bonds. The minimum Gasteiger partial charge on any atom is -0.478 e. The minimum atomic E-state index is -0.911. The SMILES string of the molecule is CC1CCN(Cc2ccc(C=CC(=O)O)cc2)CC1. The van der Waals surface area contributed by atoms with Gasteiger partial charge < -0.3 is 5.11 Å². The summed E-state index contributed by atoms with van der Waals surface area (Å²) in [7, 11) is 0. The summed E-state index contributed by atoms with van der Waals surface area (Å²) in [5.74, 6) is -0.0497. The van der Waals surface area contributed by atoms with Gasteiger partial charge >= 0.3 is 5.97 Å². The van der Waals surface area contributed by atoms with Crippen molar-refractivity contribution in [1.82, 2.24) is 4.90 Å². The van der Waals surface area contributed by atoms with E-state index < -0.39 is 5.97 Å². The molecule has 1 heterocycles. The van der Waals surface area contributed by atoms with E-state index in [4.69, 9.17) is 5.11 Å². The number of rotatable bonds is 4. The number of carbonyl (C=O) groups is 1. The van der Waals surface area contributed by atoms with Gasteiger partial charge in [0.1, 0.15) is 0 Å². The zero-order valence-corrected chi connectivity index (χ0v) is 11.4. The van der Waals surface area contributed by atoms with Crippen LogP contribution in [-0.4, -0.2) is 29.1 Å². The van der Waals surface area contributed by atoms with E-state index in [1.165, 1.54) is 37.6 Å². The molecular weight excluding hydrogens is 238 g/mol. The van der Waals surface area contributed by atoms with E-state index in [1.807, 2.05) is 12.1 Å². The van der Waals surface area contributed by atoms with Crippen LogP contribution in [0.1, 0.15) is 30.9 Å². The van der Waals surface area contributed by atoms with Crippen LogP contribution in [0.5, 0.6) is 0 Å². The van der Waals surface area contributed by atoms with E-state index in [-0.39, 0.29) is 0 Å². The molecule has 0 bridgehead atoms. The predicted molar refractivity (Wildman–Crippen MR) is 76.8 cm³/mol. The van der Waals surface area contributed by atoms with Gasteiger partial charge in [0.05, 0.1) is 0 Å². The number of piperidine rings is 1. The summed E-state index contributed by atoms with van der Waals surface area (Å²) in [6.45, 7) is 5.68. The van der Waals surface area contributed by atoms with Gasteiger partial charge in [0.15, 0.2) is 0 Å². The number of carboxylic acid groups (broad SMARTS) is 1. The fourth-order valence-corrected chi connectivity index (χ4v) is 2.38. The Labute approximate surface area is 114 Å². The maximum Gasteiger partial charge on any atom is 0.328 e. The number of hydrogen-bond acceptors (Lipinski definition) is 2. The third-order valence-corrected chi connectivity index (χ3v) is 3.68. The zero-order chi connectivity index (χ0) is 13.7. The van der Waals surface area contributed by atoms with Gasteiger partial charge in [-0.25, -0.2) is 4.79 Å². The molecule has 0 saturated carbocycles. The molecule has 0 atom stereocenters. The van der Waals surface area contributed by atoms with Crippen molar-refractivity contribution in [2.24, 2.45) is 5.92 Å². The standard InChI is InChI=1S/C16H21NO2/c1-13-8-10-17(11-9-13)12-15-4-2-14(3-5-15)6-7-16(18)19/h2-7,13H,8-12H2,1H3,(H,18,19). The second-order valence-corrected chi connectivity index (χ2v) is 5.37. The van der Waals surface area contributed by atoms with Crippen molar-refractivity contribution in [3.8, 4) is 0 Å². The van der Waals surface area contributed by atoms with Crippen molar-refractivity contribution >= 4 is 12.0 Å². The molecule has 0 aromatic heterocycles. The summed E-state index contributed by atoms with van der Waals surface area (Å²) >= 11 is 0. The number of benzene rings is 1. The zero-order valence-electron chi connectivity index (χ0n) is 11.4. The van der Waals surface area contributed by atoms with Crippen molar-refractivity contribution < 1.29 is 9.90 Å². The Morgan fingerprint density at radius 1 is 1.32 bits per heavy atom. The Morgan fingerprint density at radius 3 is 2.53 bits per heavy atom. The molecule has 3 heteroatoms. The molecule has 1 fully saturated rings. The van der Waals surface area contributed by atoms with Gasteiger partial charge in [-0.3, -0.25) is 4.90 Å². The Bertz CT molecular complexity index is 442. The molecular formula is C16H21NO2. The van der Waals surface area contributed by atoms with Crippen LogP contribution in [0, 0.1) is 5.92 Å². The Kier molecular flexibility index (Phi) is 4.74. The summed E-state index contributed by atoms with van der Waals surface area (Å²) in [5, 5.41) is 8.57. The molecule has 1 aromatic carbocycles. The second kappa shape index (κ2) is 6.53. The normalized spacial score (nSPS) is 17.9. The molecule has 1 N–H and O–H groups in total. The smallest absolute Gasteiger partial charge is 0.328 e. The lowest BCUT2D eigenvalue weighted by Gasteiger charge is -2.30. The molecule has 1 aromatic rings. The van der Waals surface area contributed by atoms with Crippen LogP contribution >= 0.6 is 0 Å². The summed E-state index contributed by atoms with van der Waals surface area (Å²) < 4.78 is 0. The van der Waals surface area contributed by atoms with Crippen LogP contribution in [0.2, 0.25) is 0 Å². The maximum atomic E-state index is 10.4. The molecule has 1 aliphatic rings. The summed E-state index contributed by atoms with van der Waals surface area (Å²) in [5.41, 5.74) is 2.22. The number of nitrogens with zero attached hydrogens (tertiary/aromatic N) is 1. The lowest BCUT2D eigenvalue weighted by Crippen LogP contribution is -2.32. The third-order valence-electron chi connectivity index (χ3n) is 3.68. The molecule has 1 saturated heterocycles. The first-order chi connectivity index (χ1) is 9.13. The van der Waals surface area contributed by atoms with Crippen LogP contribution in [0.4, 0.5) is 0 Å². The largest absolute Gasteiger partial charge is 0.478 e. The van der Waals surface area contributed by atoms with Crippen LogP contribution in [0.25, 0.3) is 6.08 Å². The van der Waals surface area contributed by atoms with Gasteiger partial charge in [-0.05, 0) is 49.1 Å². The molecule has 19 heavy (non-hydrogen) atoms. The second-order valence-electron chi connectivity index (χ2n) is 5.37. The lowest BCUT2D eigenvalue weighted by molar-refractivity contribution is -0.131. The molecule has 1 aliphatic heterocycles. The first kappa shape index (κ1) is 13.8. The Balaban J connectivity index is 1.90. The fraction of sp³-hybridized carbons (Fsp3) is 0.438. The average molecular weight is 259 g/mol. The molecule has 0 radical (unpaired) electrons. The first-order valence-corrected chi connectivity index (χ1v) is 6.86. The van der Waals surface area contributed by atoms with Gasteiger partial charge in [0, 0.05) is 12.6 Å². The number of aliphatic carboxylic acids is 1. The number of likely N-dealkylation sites (tertiary alicyclic amines) is 1. The van der Waals surface area contributed by atoms with Crippen LogP contribution in [-0.2, 0) is 11.3 Å². The molecule has 2 rings (SSSR count). The van der Waals surface area contributed by atoms with Crippen LogP contribution in [0.15, 0.2) is 30.3 Å². The number of hydrogen-bond donors (Lipinski definition) is 1. The van der Waals surface area contributed by atoms with E-state index in [0.717, 1.165) is 18.0 Å². The van der Waals surface area contributed by atoms with Gasteiger partial charge in [-0.1, -0.05) is 31.2 Å². The Morgan fingerprint density at radius 2 is 1.95 bits per heavy atom. The summed E-state index contributed by atoms with van der Waals surface area (Å²) in [6.07, 6.45) is 5.37. The van der Waals surface area contributed by atoms with Crippen LogP contribution in [0.3, 0.4) is 0 Å². The molecule has 0 aliphatic carbocycles. The van der Waals surface area contributed by atoms with Gasteiger partial charge in [-0.15, -0.1) is 0 Å². The molecule has 3 nitrogen and oxygen atoms in total. The van der Waals surface area contributed by atoms with E-state index in [1.54, 1.807) is 6.08 Å². The summed E-state index contributed by atoms with van der Waals surface area (Å²) in [6, 6.07) is 8.11. The Hall–Kier alpha value is -1.61. The highest BCUT2D eigenvalue weighted by atomic mass is 16.4. The highest BCUT2D eigenvalue weighted by Crippen LogP contribution is 2.18. The lowest BCUT2D eigenvalue weighted by atomic mass is 9.99. The highest BCUT2D eigenvalue weighted by Gasteiger charge is 2.15. The first-order valence-electron chi connectivity index (χ1n) is 6.86. The average Bonchev–Trinajstić information content (AvgIpc) is 2.40. The molecule has 0 unspecified atom stereocenters. The van der Waals surface area contributed by atoms with E-state index in [0.29, 0.717) is 0 Å². The van der Waals surface area contributed by atoms with Crippen molar-refractivity contribution in [2.45, 2.75) is 26.3 Å². The maximum absolute atomic E-state index is 10.4. The fourth-order valence-electron chi connectivity index (χ4n) is 2.38. The van der Waals surface area contributed by atoms with Gasteiger partial charge in [0.25, 0.3) is 0 Å². The van der Waals surface area contributed by atoms with Crippen molar-refractivity contribution in [1.29, 1.82) is 0 Å². The third kappa shape index (κ3) is 4.52. The summed E-state index contributed by atoms with van der Waals surface area (Å²) in [4.78, 5) is 12.9. The van der Waals surface area contributed by atoms with Crippen molar-refractivity contribution in [2.75, 3.05) is 13.1 Å².